The van der Waals surface area contributed by atoms with Gasteiger partial charge in [0.15, 0.2) is 14.9 Å². The summed E-state index contributed by atoms with van der Waals surface area (Å²) in [6, 6.07) is 8.36. The van der Waals surface area contributed by atoms with Crippen LogP contribution in [0.2, 0.25) is 5.02 Å². The Bertz CT molecular complexity index is 1210. The average Bonchev–Trinajstić information content (AvgIpc) is 3.06. The fraction of sp³-hybridized carbons (Fsp3) is 0.250. The van der Waals surface area contributed by atoms with Gasteiger partial charge in [-0.15, -0.1) is 0 Å². The zero-order chi connectivity index (χ0) is 23.0. The van der Waals surface area contributed by atoms with Crippen LogP contribution in [0.1, 0.15) is 34.3 Å². The highest BCUT2D eigenvalue weighted by Gasteiger charge is 2.30. The quantitative estimate of drug-likeness (QED) is 0.494. The Labute approximate surface area is 181 Å². The molecule has 0 saturated carbocycles. The van der Waals surface area contributed by atoms with Gasteiger partial charge in [0.25, 0.3) is 0 Å². The highest BCUT2D eigenvalue weighted by Crippen LogP contribution is 2.32. The highest BCUT2D eigenvalue weighted by atomic mass is 35.5. The van der Waals surface area contributed by atoms with Gasteiger partial charge in [0, 0.05) is 6.26 Å². The normalized spacial score (nSPS) is 13.4. The number of nitrogens with one attached hydrogen (secondary N) is 1. The molecule has 0 fully saturated rings. The van der Waals surface area contributed by atoms with Crippen molar-refractivity contribution in [3.8, 4) is 0 Å². The van der Waals surface area contributed by atoms with Crippen molar-refractivity contribution in [2.45, 2.75) is 30.8 Å². The third kappa shape index (κ3) is 5.44. The Morgan fingerprint density at radius 2 is 1.90 bits per heavy atom. The molecule has 1 atom stereocenters. The minimum atomic E-state index is -4.51. The van der Waals surface area contributed by atoms with Crippen LogP contribution in [-0.2, 0) is 27.4 Å². The average molecular weight is 477 g/mol. The van der Waals surface area contributed by atoms with Gasteiger partial charge in [-0.3, -0.25) is 0 Å². The molecular formula is C20H17ClF4N2O3S. The summed E-state index contributed by atoms with van der Waals surface area (Å²) in [5, 5.41) is -0.389. The third-order valence-corrected chi connectivity index (χ3v) is 5.76. The first kappa shape index (κ1) is 23.2. The zero-order valence-corrected chi connectivity index (χ0v) is 17.9. The fourth-order valence-corrected chi connectivity index (χ4v) is 4.04. The van der Waals surface area contributed by atoms with E-state index in [1.54, 1.807) is 0 Å². The molecule has 11 heteroatoms. The Kier molecular flexibility index (Phi) is 6.45. The molecule has 0 aliphatic heterocycles. The number of hydrogen-bond acceptors (Lipinski definition) is 4. The van der Waals surface area contributed by atoms with E-state index in [9.17, 15) is 26.0 Å². The van der Waals surface area contributed by atoms with Gasteiger partial charge >= 0.3 is 6.18 Å². The van der Waals surface area contributed by atoms with Gasteiger partial charge in [-0.1, -0.05) is 29.8 Å². The second-order valence-corrected chi connectivity index (χ2v) is 9.23. The summed E-state index contributed by atoms with van der Waals surface area (Å²) in [6.45, 7) is 1.26. The minimum Gasteiger partial charge on any atom is -0.361 e. The van der Waals surface area contributed by atoms with E-state index >= 15 is 0 Å². The van der Waals surface area contributed by atoms with E-state index in [1.807, 2.05) is 0 Å². The number of aryl methyl sites for hydroxylation is 1. The Morgan fingerprint density at radius 3 is 2.48 bits per heavy atom. The van der Waals surface area contributed by atoms with Gasteiger partial charge < -0.3 is 9.72 Å². The molecule has 0 unspecified atom stereocenters. The lowest BCUT2D eigenvalue weighted by atomic mass is 10.1. The molecule has 1 N–H and O–H groups in total. The topological polar surface area (TPSA) is 72.0 Å². The van der Waals surface area contributed by atoms with Crippen LogP contribution in [0.25, 0.3) is 0 Å². The number of aromatic nitrogens is 2. The maximum Gasteiger partial charge on any atom is 0.416 e. The predicted octanol–water partition coefficient (Wildman–Crippen LogP) is 5.24. The molecule has 1 heterocycles. The van der Waals surface area contributed by atoms with E-state index < -0.39 is 33.5 Å². The summed E-state index contributed by atoms with van der Waals surface area (Å²) in [6.07, 6.45) is -4.56. The summed E-state index contributed by atoms with van der Waals surface area (Å²) < 4.78 is 82.2. The predicted molar refractivity (Wildman–Crippen MR) is 106 cm³/mol. The van der Waals surface area contributed by atoms with Crippen molar-refractivity contribution in [3.63, 3.8) is 0 Å². The van der Waals surface area contributed by atoms with Crippen molar-refractivity contribution in [2.24, 2.45) is 0 Å². The molecule has 1 aromatic heterocycles. The molecule has 2 aromatic carbocycles. The number of benzene rings is 2. The Balaban J connectivity index is 1.98. The van der Waals surface area contributed by atoms with E-state index in [-0.39, 0.29) is 33.7 Å². The van der Waals surface area contributed by atoms with Crippen LogP contribution >= 0.6 is 11.6 Å². The number of alkyl halides is 3. The third-order valence-electron chi connectivity index (χ3n) is 4.38. The van der Waals surface area contributed by atoms with Crippen molar-refractivity contribution < 1.29 is 30.7 Å². The number of halogens is 5. The van der Waals surface area contributed by atoms with Crippen LogP contribution < -0.4 is 0 Å². The van der Waals surface area contributed by atoms with Crippen LogP contribution in [0.4, 0.5) is 17.6 Å². The number of H-pyrrole nitrogens is 1. The highest BCUT2D eigenvalue weighted by molar-refractivity contribution is 7.90. The SMILES string of the molecule is Cc1[nH]c([C@H](OCc2cccc(C(F)(F)F)c2)c2ccc(F)c(Cl)c2)nc1S(C)(=O)=O. The van der Waals surface area contributed by atoms with Gasteiger partial charge in [-0.2, -0.15) is 13.2 Å². The van der Waals surface area contributed by atoms with Gasteiger partial charge in [0.05, 0.1) is 22.9 Å². The van der Waals surface area contributed by atoms with Crippen LogP contribution in [0, 0.1) is 12.7 Å². The lowest BCUT2D eigenvalue weighted by Gasteiger charge is -2.17. The van der Waals surface area contributed by atoms with Crippen molar-refractivity contribution in [2.75, 3.05) is 6.26 Å². The molecule has 0 bridgehead atoms. The number of rotatable bonds is 6. The van der Waals surface area contributed by atoms with Crippen molar-refractivity contribution in [1.29, 1.82) is 0 Å². The molecule has 166 valence electrons. The summed E-state index contributed by atoms with van der Waals surface area (Å²) in [4.78, 5) is 6.92. The van der Waals surface area contributed by atoms with Crippen molar-refractivity contribution >= 4 is 21.4 Å². The van der Waals surface area contributed by atoms with Crippen molar-refractivity contribution in [3.05, 3.63) is 81.5 Å². The maximum atomic E-state index is 13.6. The summed E-state index contributed by atoms with van der Waals surface area (Å²) in [5.74, 6) is -0.581. The number of imidazole rings is 1. The van der Waals surface area contributed by atoms with E-state index in [1.165, 1.54) is 31.2 Å². The second kappa shape index (κ2) is 8.60. The zero-order valence-electron chi connectivity index (χ0n) is 16.3. The van der Waals surface area contributed by atoms with Crippen LogP contribution in [0.3, 0.4) is 0 Å². The molecule has 0 saturated heterocycles. The molecule has 0 spiro atoms. The number of ether oxygens (including phenoxy) is 1. The molecule has 0 amide bonds. The van der Waals surface area contributed by atoms with Gasteiger partial charge in [0.1, 0.15) is 17.7 Å². The van der Waals surface area contributed by atoms with E-state index in [0.717, 1.165) is 24.5 Å². The number of sulfone groups is 1. The maximum absolute atomic E-state index is 13.6. The standard InChI is InChI=1S/C20H17ClF4N2O3S/c1-11-19(31(2,28)29)27-18(26-11)17(13-6-7-16(22)15(21)9-13)30-10-12-4-3-5-14(8-12)20(23,24)25/h3-9,17H,10H2,1-2H3,(H,26,27)/t17-/m1/s1. The van der Waals surface area contributed by atoms with E-state index in [2.05, 4.69) is 9.97 Å². The van der Waals surface area contributed by atoms with Crippen molar-refractivity contribution in [1.82, 2.24) is 9.97 Å². The van der Waals surface area contributed by atoms with E-state index in [0.29, 0.717) is 5.56 Å². The first-order chi connectivity index (χ1) is 14.4. The monoisotopic (exact) mass is 476 g/mol. The lowest BCUT2D eigenvalue weighted by Crippen LogP contribution is -2.10. The largest absolute Gasteiger partial charge is 0.416 e. The lowest BCUT2D eigenvalue weighted by molar-refractivity contribution is -0.137. The van der Waals surface area contributed by atoms with Crippen LogP contribution in [-0.4, -0.2) is 24.6 Å². The van der Waals surface area contributed by atoms with Crippen LogP contribution in [0.5, 0.6) is 0 Å². The first-order valence-electron chi connectivity index (χ1n) is 8.85. The molecule has 5 nitrogen and oxygen atoms in total. The van der Waals surface area contributed by atoms with E-state index in [4.69, 9.17) is 16.3 Å². The Hall–Kier alpha value is -2.43. The smallest absolute Gasteiger partial charge is 0.361 e. The molecule has 3 aromatic rings. The summed E-state index contributed by atoms with van der Waals surface area (Å²) >= 11 is 5.86. The summed E-state index contributed by atoms with van der Waals surface area (Å²) in [7, 11) is -3.64. The van der Waals surface area contributed by atoms with Gasteiger partial charge in [-0.25, -0.2) is 17.8 Å². The molecule has 0 aliphatic carbocycles. The Morgan fingerprint density at radius 1 is 1.19 bits per heavy atom. The minimum absolute atomic E-state index is 0.0903. The fourth-order valence-electron chi connectivity index (χ4n) is 2.98. The molecule has 31 heavy (non-hydrogen) atoms. The number of hydrogen-bond donors (Lipinski definition) is 1. The first-order valence-corrected chi connectivity index (χ1v) is 11.1. The van der Waals surface area contributed by atoms with Crippen LogP contribution in [0.15, 0.2) is 47.5 Å². The van der Waals surface area contributed by atoms with Gasteiger partial charge in [-0.05, 0) is 42.3 Å². The molecule has 0 radical (unpaired) electrons. The number of nitrogens with zero attached hydrogens (tertiary/aromatic N) is 1. The number of aromatic amines is 1. The molecule has 0 aliphatic rings. The second-order valence-electron chi connectivity index (χ2n) is 6.89. The molecular weight excluding hydrogens is 460 g/mol. The summed E-state index contributed by atoms with van der Waals surface area (Å²) in [5.41, 5.74) is 0.00776. The van der Waals surface area contributed by atoms with Gasteiger partial charge in [0.2, 0.25) is 0 Å². The molecule has 3 rings (SSSR count).